The molecule has 3 amide bonds. The van der Waals surface area contributed by atoms with Crippen LogP contribution in [0.1, 0.15) is 63.6 Å². The Bertz CT molecular complexity index is 2080. The van der Waals surface area contributed by atoms with Gasteiger partial charge in [0.2, 0.25) is 6.41 Å². The van der Waals surface area contributed by atoms with Gasteiger partial charge in [-0.25, -0.2) is 0 Å². The van der Waals surface area contributed by atoms with Crippen molar-refractivity contribution in [3.8, 4) is 11.5 Å². The van der Waals surface area contributed by atoms with Crippen molar-refractivity contribution >= 4 is 58.0 Å². The van der Waals surface area contributed by atoms with Crippen molar-refractivity contribution in [1.82, 2.24) is 15.6 Å². The van der Waals surface area contributed by atoms with E-state index in [1.165, 1.54) is 24.0 Å². The number of rotatable bonds is 19. The highest BCUT2D eigenvalue weighted by Gasteiger charge is 2.17. The number of unbranched alkanes of at least 4 members (excludes halogenated alkanes) is 3. The van der Waals surface area contributed by atoms with Crippen LogP contribution in [-0.2, 0) is 4.79 Å². The van der Waals surface area contributed by atoms with Gasteiger partial charge in [0.25, 0.3) is 11.8 Å². The lowest BCUT2D eigenvalue weighted by Gasteiger charge is -2.16. The Morgan fingerprint density at radius 2 is 1.75 bits per heavy atom. The summed E-state index contributed by atoms with van der Waals surface area (Å²) >= 11 is 1.51. The number of nitrogens with one attached hydrogen (secondary N) is 4. The lowest BCUT2D eigenvalue weighted by molar-refractivity contribution is -0.105. The number of anilines is 3. The number of nitrogens with two attached hydrogens (primary N) is 1. The molecule has 0 saturated heterocycles. The third kappa shape index (κ3) is 10.5. The summed E-state index contributed by atoms with van der Waals surface area (Å²) in [6.45, 7) is 3.59. The van der Waals surface area contributed by atoms with Crippen molar-refractivity contribution in [2.75, 3.05) is 37.4 Å². The Kier molecular flexibility index (Phi) is 13.6. The van der Waals surface area contributed by atoms with Crippen molar-refractivity contribution in [2.24, 2.45) is 5.73 Å². The number of hydrogen-bond donors (Lipinski definition) is 7. The first-order chi connectivity index (χ1) is 25.7. The highest BCUT2D eigenvalue weighted by molar-refractivity contribution is 7.99. The van der Waals surface area contributed by atoms with Gasteiger partial charge in [0.05, 0.1) is 35.7 Å². The molecule has 5 rings (SSSR count). The zero-order valence-electron chi connectivity index (χ0n) is 29.6. The van der Waals surface area contributed by atoms with Crippen LogP contribution in [0.25, 0.3) is 10.9 Å². The maximum absolute atomic E-state index is 13.0. The van der Waals surface area contributed by atoms with E-state index in [1.807, 2.05) is 61.5 Å². The summed E-state index contributed by atoms with van der Waals surface area (Å²) in [6.07, 6.45) is 4.86. The number of hydrogen-bond acceptors (Lipinski definition) is 10. The Labute approximate surface area is 312 Å². The topological polar surface area (TPSA) is 188 Å². The van der Waals surface area contributed by atoms with E-state index in [-0.39, 0.29) is 22.9 Å². The second kappa shape index (κ2) is 18.7. The number of aliphatic hydroxyl groups excluding tert-OH is 1. The number of phenols is 1. The van der Waals surface area contributed by atoms with Crippen molar-refractivity contribution in [3.63, 3.8) is 0 Å². The lowest BCUT2D eigenvalue weighted by Crippen LogP contribution is -2.24. The molecule has 0 aliphatic rings. The predicted molar refractivity (Wildman–Crippen MR) is 208 cm³/mol. The summed E-state index contributed by atoms with van der Waals surface area (Å²) in [5.41, 5.74) is 10.4. The molecule has 1 unspecified atom stereocenters. The van der Waals surface area contributed by atoms with Crippen LogP contribution in [0.2, 0.25) is 0 Å². The summed E-state index contributed by atoms with van der Waals surface area (Å²) in [5.74, 6) is -0.130. The molecule has 0 aliphatic carbocycles. The van der Waals surface area contributed by atoms with Crippen LogP contribution in [0.5, 0.6) is 11.5 Å². The summed E-state index contributed by atoms with van der Waals surface area (Å²) in [7, 11) is 1.59. The molecular weight excluding hydrogens is 693 g/mol. The fourth-order valence-corrected chi connectivity index (χ4v) is 6.86. The first-order valence-electron chi connectivity index (χ1n) is 17.3. The van der Waals surface area contributed by atoms with Gasteiger partial charge >= 0.3 is 0 Å². The van der Waals surface area contributed by atoms with E-state index in [9.17, 15) is 24.6 Å². The molecule has 5 aromatic rings. The molecule has 8 N–H and O–H groups in total. The van der Waals surface area contributed by atoms with Crippen LogP contribution in [0, 0.1) is 6.92 Å². The van der Waals surface area contributed by atoms with E-state index in [1.54, 1.807) is 25.3 Å². The van der Waals surface area contributed by atoms with E-state index in [0.29, 0.717) is 42.1 Å². The van der Waals surface area contributed by atoms with Gasteiger partial charge in [0, 0.05) is 51.8 Å². The number of aromatic nitrogens is 1. The highest BCUT2D eigenvalue weighted by Crippen LogP contribution is 2.37. The van der Waals surface area contributed by atoms with Gasteiger partial charge in [-0.05, 0) is 92.0 Å². The fraction of sp³-hybridized carbons (Fsp3) is 0.250. The zero-order valence-corrected chi connectivity index (χ0v) is 30.5. The smallest absolute Gasteiger partial charge is 0.252 e. The number of nitrogens with zero attached hydrogens (tertiary/aromatic N) is 1. The maximum Gasteiger partial charge on any atom is 0.252 e. The van der Waals surface area contributed by atoms with Gasteiger partial charge in [-0.1, -0.05) is 42.8 Å². The fourth-order valence-electron chi connectivity index (χ4n) is 5.84. The molecular formula is C40H44N6O6S. The number of primary amides is 1. The predicted octanol–water partition coefficient (Wildman–Crippen LogP) is 6.43. The van der Waals surface area contributed by atoms with Crippen LogP contribution in [-0.4, -0.2) is 60.2 Å². The molecule has 4 aromatic carbocycles. The SMILES string of the molecule is COc1cccc(Nc2c(C(N)=O)cnc3c(C)cc(Sc4cccc(C(=O)NCCCCCCNCC(O)c5ccc(O)c(NC=O)c5)c4)cc23)c1. The second-order valence-electron chi connectivity index (χ2n) is 12.5. The average molecular weight is 737 g/mol. The highest BCUT2D eigenvalue weighted by atomic mass is 32.2. The van der Waals surface area contributed by atoms with E-state index < -0.39 is 12.0 Å². The van der Waals surface area contributed by atoms with Crippen LogP contribution >= 0.6 is 11.8 Å². The summed E-state index contributed by atoms with van der Waals surface area (Å²) in [4.78, 5) is 42.5. The first kappa shape index (κ1) is 38.6. The van der Waals surface area contributed by atoms with Gasteiger partial charge in [-0.15, -0.1) is 0 Å². The number of amides is 3. The standard InChI is InChI=1S/C40H44N6O6S/c1-25-17-31(21-32-37(25)44-22-33(39(41)50)38(32)46-28-10-8-11-29(20-28)52-2)53-30-12-7-9-27(18-30)40(51)43-16-6-4-3-5-15-42-23-36(49)26-13-14-35(48)34(19-26)45-24-47/h7-14,17-22,24,36,42,48-49H,3-6,15-16,23H2,1-2H3,(H2,41,50)(H,43,51)(H,44,46)(H,45,47). The number of aliphatic hydroxyl groups is 1. The Balaban J connectivity index is 1.11. The molecule has 0 saturated carbocycles. The number of carbonyl (C=O) groups is 3. The quantitative estimate of drug-likeness (QED) is 0.0283. The number of fused-ring (bicyclic) bond motifs is 1. The van der Waals surface area contributed by atoms with Gasteiger partial charge in [-0.3, -0.25) is 19.4 Å². The minimum atomic E-state index is -0.777. The summed E-state index contributed by atoms with van der Waals surface area (Å²) < 4.78 is 5.37. The minimum absolute atomic E-state index is 0.0626. The number of phenolic OH excluding ortho intramolecular Hbond substituents is 1. The van der Waals surface area contributed by atoms with E-state index in [0.717, 1.165) is 64.2 Å². The monoisotopic (exact) mass is 736 g/mol. The minimum Gasteiger partial charge on any atom is -0.506 e. The van der Waals surface area contributed by atoms with E-state index in [2.05, 4.69) is 26.3 Å². The Morgan fingerprint density at radius 1 is 0.962 bits per heavy atom. The molecule has 1 aromatic heterocycles. The zero-order chi connectivity index (χ0) is 37.7. The number of aryl methyl sites for hydroxylation is 1. The van der Waals surface area contributed by atoms with Gasteiger partial charge in [-0.2, -0.15) is 0 Å². The lowest BCUT2D eigenvalue weighted by atomic mass is 10.1. The van der Waals surface area contributed by atoms with Crippen LogP contribution in [0.15, 0.2) is 94.9 Å². The summed E-state index contributed by atoms with van der Waals surface area (Å²) in [5, 5.41) is 33.0. The average Bonchev–Trinajstić information content (AvgIpc) is 3.15. The number of aromatic hydroxyl groups is 1. The van der Waals surface area contributed by atoms with Crippen LogP contribution < -0.4 is 31.7 Å². The number of pyridine rings is 1. The van der Waals surface area contributed by atoms with Gasteiger partial charge in [0.1, 0.15) is 11.5 Å². The van der Waals surface area contributed by atoms with Gasteiger partial charge in [0.15, 0.2) is 0 Å². The molecule has 0 spiro atoms. The first-order valence-corrected chi connectivity index (χ1v) is 18.1. The summed E-state index contributed by atoms with van der Waals surface area (Å²) in [6, 6.07) is 23.5. The molecule has 1 atom stereocenters. The third-order valence-electron chi connectivity index (χ3n) is 8.60. The van der Waals surface area contributed by atoms with Crippen molar-refractivity contribution in [3.05, 3.63) is 107 Å². The van der Waals surface area contributed by atoms with Crippen molar-refractivity contribution in [2.45, 2.75) is 48.5 Å². The molecule has 0 bridgehead atoms. The second-order valence-corrected chi connectivity index (χ2v) is 13.6. The molecule has 276 valence electrons. The number of ether oxygens (including phenoxy) is 1. The Morgan fingerprint density at radius 3 is 2.53 bits per heavy atom. The maximum atomic E-state index is 13.0. The number of benzene rings is 4. The van der Waals surface area contributed by atoms with Crippen molar-refractivity contribution in [1.29, 1.82) is 0 Å². The van der Waals surface area contributed by atoms with E-state index >= 15 is 0 Å². The normalized spacial score (nSPS) is 11.5. The Hall–Kier alpha value is -5.63. The molecule has 0 radical (unpaired) electrons. The van der Waals surface area contributed by atoms with Gasteiger partial charge < -0.3 is 42.0 Å². The largest absolute Gasteiger partial charge is 0.506 e. The molecule has 1 heterocycles. The molecule has 0 fully saturated rings. The number of methoxy groups -OCH3 is 1. The number of carbonyl (C=O) groups excluding carboxylic acids is 3. The molecule has 12 nitrogen and oxygen atoms in total. The van der Waals surface area contributed by atoms with Crippen LogP contribution in [0.3, 0.4) is 0 Å². The molecule has 0 aliphatic heterocycles. The van der Waals surface area contributed by atoms with Crippen molar-refractivity contribution < 1.29 is 29.3 Å². The van der Waals surface area contributed by atoms with E-state index in [4.69, 9.17) is 10.5 Å². The van der Waals surface area contributed by atoms with Crippen LogP contribution in [0.4, 0.5) is 17.1 Å². The molecule has 53 heavy (non-hydrogen) atoms. The third-order valence-corrected chi connectivity index (χ3v) is 9.56. The molecule has 13 heteroatoms.